The van der Waals surface area contributed by atoms with Gasteiger partial charge in [-0.05, 0) is 112 Å². The molecule has 2 aliphatic heterocycles. The number of esters is 1. The highest BCUT2D eigenvalue weighted by Gasteiger charge is 2.64. The van der Waals surface area contributed by atoms with Crippen LogP contribution in [0, 0.1) is 52.8 Å². The first kappa shape index (κ1) is 25.3. The van der Waals surface area contributed by atoms with Gasteiger partial charge in [-0.25, -0.2) is 0 Å². The molecule has 5 heteroatoms. The number of carbonyl (C=O) groups excluding carboxylic acids is 2. The number of hydrogen-bond acceptors (Lipinski definition) is 5. The molecule has 0 bridgehead atoms. The number of ketones is 1. The lowest BCUT2D eigenvalue weighted by molar-refractivity contribution is -0.175. The quantitative estimate of drug-likeness (QED) is 0.538. The van der Waals surface area contributed by atoms with Gasteiger partial charge >= 0.3 is 5.97 Å². The van der Waals surface area contributed by atoms with Crippen molar-refractivity contribution in [1.82, 2.24) is 4.90 Å². The van der Waals surface area contributed by atoms with Crippen LogP contribution in [0.4, 0.5) is 0 Å². The maximum absolute atomic E-state index is 13.6. The van der Waals surface area contributed by atoms with Crippen molar-refractivity contribution in [3.05, 3.63) is 0 Å². The van der Waals surface area contributed by atoms with Crippen LogP contribution in [-0.2, 0) is 14.3 Å². The number of nitrogens with zero attached hydrogens (tertiary/aromatic N) is 1. The number of aliphatic hydroxyl groups is 1. The van der Waals surface area contributed by atoms with Crippen LogP contribution in [0.2, 0.25) is 0 Å². The fraction of sp³-hybridized carbons (Fsp3) is 0.935. The van der Waals surface area contributed by atoms with Gasteiger partial charge < -0.3 is 9.84 Å². The predicted molar refractivity (Wildman–Crippen MR) is 139 cm³/mol. The van der Waals surface area contributed by atoms with Crippen LogP contribution in [0.3, 0.4) is 0 Å². The molecule has 5 nitrogen and oxygen atoms in total. The molecule has 202 valence electrons. The summed E-state index contributed by atoms with van der Waals surface area (Å²) in [7, 11) is 0. The summed E-state index contributed by atoms with van der Waals surface area (Å²) in [6.07, 6.45) is 10.5. The minimum atomic E-state index is -0.593. The van der Waals surface area contributed by atoms with Crippen molar-refractivity contribution in [2.24, 2.45) is 52.8 Å². The summed E-state index contributed by atoms with van der Waals surface area (Å²) in [6.45, 7) is 11.2. The van der Waals surface area contributed by atoms with Gasteiger partial charge in [0.2, 0.25) is 0 Å². The second-order valence-electron chi connectivity index (χ2n) is 14.4. The Balaban J connectivity index is 1.22. The molecule has 0 aromatic rings. The lowest BCUT2D eigenvalue weighted by Crippen LogP contribution is -2.67. The summed E-state index contributed by atoms with van der Waals surface area (Å²) in [5.41, 5.74) is -0.551. The lowest BCUT2D eigenvalue weighted by atomic mass is 9.51. The monoisotopic (exact) mass is 499 g/mol. The summed E-state index contributed by atoms with van der Waals surface area (Å²) < 4.78 is 5.81. The van der Waals surface area contributed by atoms with E-state index in [1.165, 1.54) is 19.3 Å². The third-order valence-corrected chi connectivity index (χ3v) is 12.5. The van der Waals surface area contributed by atoms with E-state index in [0.29, 0.717) is 53.8 Å². The highest BCUT2D eigenvalue weighted by molar-refractivity contribution is 5.83. The smallest absolute Gasteiger partial charge is 0.306 e. The van der Waals surface area contributed by atoms with E-state index < -0.39 is 5.60 Å². The minimum Gasteiger partial charge on any atom is -0.462 e. The van der Waals surface area contributed by atoms with Gasteiger partial charge in [0, 0.05) is 37.9 Å². The van der Waals surface area contributed by atoms with Gasteiger partial charge in [-0.3, -0.25) is 14.5 Å². The molecule has 2 saturated heterocycles. The van der Waals surface area contributed by atoms with Gasteiger partial charge in [-0.2, -0.15) is 0 Å². The third kappa shape index (κ3) is 3.84. The lowest BCUT2D eigenvalue weighted by Gasteiger charge is -2.59. The normalized spacial score (nSPS) is 52.4. The Morgan fingerprint density at radius 3 is 2.58 bits per heavy atom. The van der Waals surface area contributed by atoms with E-state index >= 15 is 0 Å². The Kier molecular flexibility index (Phi) is 6.39. The molecule has 0 aromatic heterocycles. The van der Waals surface area contributed by atoms with Gasteiger partial charge in [0.1, 0.15) is 11.9 Å². The van der Waals surface area contributed by atoms with Crippen LogP contribution >= 0.6 is 0 Å². The predicted octanol–water partition coefficient (Wildman–Crippen LogP) is 5.24. The van der Waals surface area contributed by atoms with E-state index in [1.54, 1.807) is 0 Å². The van der Waals surface area contributed by atoms with E-state index in [2.05, 4.69) is 25.7 Å². The Labute approximate surface area is 218 Å². The summed E-state index contributed by atoms with van der Waals surface area (Å²) >= 11 is 0. The zero-order chi connectivity index (χ0) is 25.4. The standard InChI is InChI=1S/C31H49NO4/c1-5-6-29(34)36-19-11-12-30(3)25-14-21-20(22(25)15-27(33)26(30)13-19)8-9-24-23(21)17-32-16-18(2)7-10-28(32)31(24,4)35/h18-26,28,35H,5-17H2,1-4H3/t18-,19-,20+,21+,22-,23-,24-,25-,26+,28-,30+,31+/m0/s1. The molecular weight excluding hydrogens is 450 g/mol. The largest absolute Gasteiger partial charge is 0.462 e. The second-order valence-corrected chi connectivity index (χ2v) is 14.4. The van der Waals surface area contributed by atoms with Crippen molar-refractivity contribution in [1.29, 1.82) is 0 Å². The second kappa shape index (κ2) is 9.07. The van der Waals surface area contributed by atoms with E-state index in [9.17, 15) is 14.7 Å². The number of hydrogen-bond donors (Lipinski definition) is 1. The molecule has 2 heterocycles. The molecule has 12 atom stereocenters. The minimum absolute atomic E-state index is 0.0415. The number of rotatable bonds is 3. The molecule has 6 fully saturated rings. The maximum atomic E-state index is 13.6. The van der Waals surface area contributed by atoms with Crippen molar-refractivity contribution in [3.63, 3.8) is 0 Å². The molecule has 6 rings (SSSR count). The van der Waals surface area contributed by atoms with E-state index in [1.807, 2.05) is 6.92 Å². The first-order valence-electron chi connectivity index (χ1n) is 15.3. The fourth-order valence-electron chi connectivity index (χ4n) is 10.9. The molecule has 0 radical (unpaired) electrons. The van der Waals surface area contributed by atoms with Gasteiger partial charge in [0.05, 0.1) is 5.60 Å². The zero-order valence-corrected chi connectivity index (χ0v) is 23.1. The number of carbonyl (C=O) groups is 2. The average molecular weight is 500 g/mol. The highest BCUT2D eigenvalue weighted by atomic mass is 16.5. The molecule has 0 amide bonds. The topological polar surface area (TPSA) is 66.8 Å². The van der Waals surface area contributed by atoms with Crippen molar-refractivity contribution >= 4 is 11.8 Å². The summed E-state index contributed by atoms with van der Waals surface area (Å²) in [6, 6.07) is 0.323. The van der Waals surface area contributed by atoms with Gasteiger partial charge in [0.25, 0.3) is 0 Å². The van der Waals surface area contributed by atoms with Crippen LogP contribution in [0.25, 0.3) is 0 Å². The van der Waals surface area contributed by atoms with Crippen molar-refractivity contribution in [2.45, 2.75) is 116 Å². The zero-order valence-electron chi connectivity index (χ0n) is 23.1. The van der Waals surface area contributed by atoms with Gasteiger partial charge in [-0.15, -0.1) is 0 Å². The van der Waals surface area contributed by atoms with E-state index in [-0.39, 0.29) is 23.4 Å². The average Bonchev–Trinajstić information content (AvgIpc) is 3.20. The molecule has 6 aliphatic rings. The molecule has 1 N–H and O–H groups in total. The van der Waals surface area contributed by atoms with Crippen LogP contribution < -0.4 is 0 Å². The number of fused-ring (bicyclic) bond motifs is 8. The fourth-order valence-corrected chi connectivity index (χ4v) is 10.9. The summed E-state index contributed by atoms with van der Waals surface area (Å²) in [4.78, 5) is 28.4. The molecule has 4 aliphatic carbocycles. The summed E-state index contributed by atoms with van der Waals surface area (Å²) in [5.74, 6) is 4.49. The molecule has 4 saturated carbocycles. The number of piperidine rings is 2. The van der Waals surface area contributed by atoms with Gasteiger partial charge in [0.15, 0.2) is 0 Å². The van der Waals surface area contributed by atoms with Crippen LogP contribution in [0.1, 0.15) is 98.3 Å². The molecule has 36 heavy (non-hydrogen) atoms. The first-order valence-corrected chi connectivity index (χ1v) is 15.3. The van der Waals surface area contributed by atoms with Crippen molar-refractivity contribution in [3.8, 4) is 0 Å². The molecule has 0 aromatic carbocycles. The Hall–Kier alpha value is -0.940. The third-order valence-electron chi connectivity index (χ3n) is 12.5. The molecule has 0 unspecified atom stereocenters. The Morgan fingerprint density at radius 2 is 1.81 bits per heavy atom. The van der Waals surface area contributed by atoms with Gasteiger partial charge in [-0.1, -0.05) is 20.8 Å². The highest BCUT2D eigenvalue weighted by Crippen LogP contribution is 2.66. The SMILES string of the molecule is CCCC(=O)O[C@H]1CC[C@@]2(C)[C@H](C1)C(=O)C[C@H]1[C@@H]3CC[C@H]4[C@@H](CN5C[C@@H](C)CC[C@H]5[C@]4(C)O)[C@@H]3C[C@@H]12. The van der Waals surface area contributed by atoms with Crippen LogP contribution in [0.5, 0.6) is 0 Å². The number of Topliss-reactive ketones (excluding diaryl/α,β-unsaturated/α-hetero) is 1. The Bertz CT molecular complexity index is 886. The molecular formula is C31H49NO4. The first-order chi connectivity index (χ1) is 17.1. The Morgan fingerprint density at radius 1 is 1.00 bits per heavy atom. The van der Waals surface area contributed by atoms with Crippen LogP contribution in [-0.4, -0.2) is 52.6 Å². The van der Waals surface area contributed by atoms with E-state index in [4.69, 9.17) is 4.74 Å². The van der Waals surface area contributed by atoms with Crippen molar-refractivity contribution in [2.75, 3.05) is 13.1 Å². The summed E-state index contributed by atoms with van der Waals surface area (Å²) in [5, 5.41) is 11.9. The number of ether oxygens (including phenoxy) is 1. The van der Waals surface area contributed by atoms with E-state index in [0.717, 1.165) is 64.0 Å². The van der Waals surface area contributed by atoms with Crippen LogP contribution in [0.15, 0.2) is 0 Å². The molecule has 0 spiro atoms. The maximum Gasteiger partial charge on any atom is 0.306 e. The van der Waals surface area contributed by atoms with Crippen molar-refractivity contribution < 1.29 is 19.4 Å².